The van der Waals surface area contributed by atoms with Gasteiger partial charge in [0.15, 0.2) is 0 Å². The molecule has 25 heavy (non-hydrogen) atoms. The van der Waals surface area contributed by atoms with Gasteiger partial charge in [0.2, 0.25) is 5.91 Å². The van der Waals surface area contributed by atoms with Crippen LogP contribution in [0.3, 0.4) is 0 Å². The molecule has 0 saturated heterocycles. The highest BCUT2D eigenvalue weighted by Crippen LogP contribution is 2.32. The first kappa shape index (κ1) is 19.2. The van der Waals surface area contributed by atoms with E-state index in [2.05, 4.69) is 20.4 Å². The third-order valence-electron chi connectivity index (χ3n) is 3.15. The molecule has 0 saturated carbocycles. The van der Waals surface area contributed by atoms with E-state index in [1.54, 1.807) is 12.3 Å². The van der Waals surface area contributed by atoms with Crippen molar-refractivity contribution < 1.29 is 19.1 Å². The number of amides is 2. The number of aromatic nitrogens is 1. The Morgan fingerprint density at radius 1 is 1.28 bits per heavy atom. The monoisotopic (exact) mass is 383 g/mol. The maximum Gasteiger partial charge on any atom is 0.406 e. The molecule has 2 aromatic rings. The van der Waals surface area contributed by atoms with E-state index in [0.29, 0.717) is 10.7 Å². The maximum atomic E-state index is 11.9. The average molecular weight is 384 g/mol. The van der Waals surface area contributed by atoms with Crippen LogP contribution in [0.4, 0.5) is 4.79 Å². The van der Waals surface area contributed by atoms with Gasteiger partial charge in [-0.15, -0.1) is 11.3 Å². The number of alkyl carbamates (subject to hydrolysis) is 1. The standard InChI is InChI=1S/C16H18ClN3O4S/c1-23-16(22)20-8-7-18-13(21)10-24-14(12-5-3-9-25-12)11-4-2-6-19-15(11)17/h2-6,9,14H,7-8,10H2,1H3,(H,18,21)(H,20,22). The fourth-order valence-electron chi connectivity index (χ4n) is 2.01. The summed E-state index contributed by atoms with van der Waals surface area (Å²) in [7, 11) is 1.27. The van der Waals surface area contributed by atoms with E-state index in [1.165, 1.54) is 18.4 Å². The first-order valence-electron chi connectivity index (χ1n) is 7.45. The maximum absolute atomic E-state index is 11.9. The summed E-state index contributed by atoms with van der Waals surface area (Å²) in [6, 6.07) is 7.40. The van der Waals surface area contributed by atoms with Crippen molar-refractivity contribution in [2.24, 2.45) is 0 Å². The number of ether oxygens (including phenoxy) is 2. The minimum Gasteiger partial charge on any atom is -0.453 e. The smallest absolute Gasteiger partial charge is 0.406 e. The van der Waals surface area contributed by atoms with Gasteiger partial charge in [-0.05, 0) is 17.5 Å². The summed E-state index contributed by atoms with van der Waals surface area (Å²) in [6.07, 6.45) is 0.577. The number of methoxy groups -OCH3 is 1. The van der Waals surface area contributed by atoms with Crippen molar-refractivity contribution in [1.82, 2.24) is 15.6 Å². The van der Waals surface area contributed by atoms with Crippen molar-refractivity contribution in [1.29, 1.82) is 0 Å². The third kappa shape index (κ3) is 6.00. The van der Waals surface area contributed by atoms with E-state index in [1.807, 2.05) is 23.6 Å². The van der Waals surface area contributed by atoms with Crippen LogP contribution >= 0.6 is 22.9 Å². The summed E-state index contributed by atoms with van der Waals surface area (Å²) >= 11 is 7.67. The fraction of sp³-hybridized carbons (Fsp3) is 0.312. The molecule has 0 aromatic carbocycles. The molecule has 0 radical (unpaired) electrons. The number of nitrogens with zero attached hydrogens (tertiary/aromatic N) is 1. The molecule has 2 aromatic heterocycles. The predicted molar refractivity (Wildman–Crippen MR) is 94.8 cm³/mol. The molecule has 1 atom stereocenters. The summed E-state index contributed by atoms with van der Waals surface area (Å²) < 4.78 is 10.2. The molecular formula is C16H18ClN3O4S. The van der Waals surface area contributed by atoms with Crippen LogP contribution in [0, 0.1) is 0 Å². The van der Waals surface area contributed by atoms with Gasteiger partial charge in [-0.3, -0.25) is 4.79 Å². The highest BCUT2D eigenvalue weighted by atomic mass is 35.5. The summed E-state index contributed by atoms with van der Waals surface area (Å²) in [4.78, 5) is 27.8. The zero-order valence-electron chi connectivity index (χ0n) is 13.5. The Morgan fingerprint density at radius 3 is 2.76 bits per heavy atom. The Balaban J connectivity index is 1.89. The van der Waals surface area contributed by atoms with Crippen LogP contribution in [0.2, 0.25) is 5.15 Å². The van der Waals surface area contributed by atoms with Gasteiger partial charge < -0.3 is 20.1 Å². The lowest BCUT2D eigenvalue weighted by Crippen LogP contribution is -2.36. The minimum atomic E-state index is -0.547. The molecule has 134 valence electrons. The molecule has 0 bridgehead atoms. The molecule has 2 N–H and O–H groups in total. The highest BCUT2D eigenvalue weighted by molar-refractivity contribution is 7.10. The van der Waals surface area contributed by atoms with Crippen molar-refractivity contribution in [2.45, 2.75) is 6.10 Å². The van der Waals surface area contributed by atoms with E-state index in [4.69, 9.17) is 16.3 Å². The van der Waals surface area contributed by atoms with Crippen LogP contribution in [0.1, 0.15) is 16.5 Å². The first-order valence-corrected chi connectivity index (χ1v) is 8.71. The molecule has 0 spiro atoms. The van der Waals surface area contributed by atoms with Crippen molar-refractivity contribution in [3.63, 3.8) is 0 Å². The van der Waals surface area contributed by atoms with Crippen molar-refractivity contribution >= 4 is 34.9 Å². The largest absolute Gasteiger partial charge is 0.453 e. The number of nitrogens with one attached hydrogen (secondary N) is 2. The van der Waals surface area contributed by atoms with Crippen LogP contribution in [-0.4, -0.2) is 43.8 Å². The SMILES string of the molecule is COC(=O)NCCNC(=O)COC(c1cccs1)c1cccnc1Cl. The number of rotatable bonds is 8. The van der Waals surface area contributed by atoms with Crippen molar-refractivity contribution in [3.8, 4) is 0 Å². The number of hydrogen-bond donors (Lipinski definition) is 2. The van der Waals surface area contributed by atoms with Gasteiger partial charge in [-0.2, -0.15) is 0 Å². The second-order valence-corrected chi connectivity index (χ2v) is 6.20. The second-order valence-electron chi connectivity index (χ2n) is 4.86. The van der Waals surface area contributed by atoms with Gasteiger partial charge in [-0.25, -0.2) is 9.78 Å². The van der Waals surface area contributed by atoms with Crippen LogP contribution in [0.5, 0.6) is 0 Å². The molecule has 2 rings (SSSR count). The zero-order chi connectivity index (χ0) is 18.1. The van der Waals surface area contributed by atoms with E-state index in [-0.39, 0.29) is 25.6 Å². The fourth-order valence-corrected chi connectivity index (χ4v) is 3.02. The summed E-state index contributed by atoms with van der Waals surface area (Å²) in [5, 5.41) is 7.38. The first-order chi connectivity index (χ1) is 12.1. The molecule has 9 heteroatoms. The van der Waals surface area contributed by atoms with Gasteiger partial charge in [0, 0.05) is 29.7 Å². The zero-order valence-corrected chi connectivity index (χ0v) is 15.1. The topological polar surface area (TPSA) is 89.6 Å². The second kappa shape index (κ2) is 9.97. The Labute approximate surface area is 154 Å². The average Bonchev–Trinajstić information content (AvgIpc) is 3.14. The number of carbonyl (C=O) groups is 2. The van der Waals surface area contributed by atoms with E-state index in [9.17, 15) is 9.59 Å². The molecular weight excluding hydrogens is 366 g/mol. The molecule has 0 fully saturated rings. The molecule has 1 unspecified atom stereocenters. The Kier molecular flexibility index (Phi) is 7.65. The van der Waals surface area contributed by atoms with E-state index < -0.39 is 12.2 Å². The molecule has 7 nitrogen and oxygen atoms in total. The van der Waals surface area contributed by atoms with Crippen LogP contribution < -0.4 is 10.6 Å². The molecule has 2 heterocycles. The molecule has 0 aliphatic rings. The van der Waals surface area contributed by atoms with Crippen molar-refractivity contribution in [2.75, 3.05) is 26.8 Å². The summed E-state index contributed by atoms with van der Waals surface area (Å²) in [6.45, 7) is 0.391. The van der Waals surface area contributed by atoms with E-state index in [0.717, 1.165) is 4.88 Å². The van der Waals surface area contributed by atoms with Crippen molar-refractivity contribution in [3.05, 3.63) is 51.4 Å². The Bertz CT molecular complexity index is 696. The Morgan fingerprint density at radius 2 is 2.08 bits per heavy atom. The lowest BCUT2D eigenvalue weighted by atomic mass is 10.1. The Hall–Kier alpha value is -2.16. The van der Waals surface area contributed by atoms with Gasteiger partial charge in [0.05, 0.1) is 7.11 Å². The number of hydrogen-bond acceptors (Lipinski definition) is 6. The quantitative estimate of drug-likeness (QED) is 0.539. The summed E-state index contributed by atoms with van der Waals surface area (Å²) in [5.74, 6) is -0.298. The van der Waals surface area contributed by atoms with Gasteiger partial charge in [0.25, 0.3) is 0 Å². The lowest BCUT2D eigenvalue weighted by molar-refractivity contribution is -0.126. The normalized spacial score (nSPS) is 11.6. The van der Waals surface area contributed by atoms with Gasteiger partial charge in [-0.1, -0.05) is 23.7 Å². The van der Waals surface area contributed by atoms with Gasteiger partial charge >= 0.3 is 6.09 Å². The highest BCUT2D eigenvalue weighted by Gasteiger charge is 2.20. The third-order valence-corrected chi connectivity index (χ3v) is 4.39. The predicted octanol–water partition coefficient (Wildman–Crippen LogP) is 2.37. The molecule has 2 amide bonds. The number of halogens is 1. The number of pyridine rings is 1. The van der Waals surface area contributed by atoms with Crippen LogP contribution in [0.25, 0.3) is 0 Å². The summed E-state index contributed by atoms with van der Waals surface area (Å²) in [5.41, 5.74) is 0.701. The molecule has 0 aliphatic carbocycles. The molecule has 0 aliphatic heterocycles. The van der Waals surface area contributed by atoms with Crippen LogP contribution in [0.15, 0.2) is 35.8 Å². The lowest BCUT2D eigenvalue weighted by Gasteiger charge is -2.17. The number of carbonyl (C=O) groups excluding carboxylic acids is 2. The minimum absolute atomic E-state index is 0.147. The van der Waals surface area contributed by atoms with Crippen LogP contribution in [-0.2, 0) is 14.3 Å². The van der Waals surface area contributed by atoms with E-state index >= 15 is 0 Å². The van der Waals surface area contributed by atoms with Gasteiger partial charge in [0.1, 0.15) is 17.9 Å². The number of thiophene rings is 1.